The van der Waals surface area contributed by atoms with E-state index in [0.717, 1.165) is 10.7 Å². The molecule has 3 aromatic rings. The van der Waals surface area contributed by atoms with E-state index in [1.807, 2.05) is 22.1 Å². The maximum absolute atomic E-state index is 12.2. The third-order valence-electron chi connectivity index (χ3n) is 3.46. The van der Waals surface area contributed by atoms with Crippen molar-refractivity contribution in [3.63, 3.8) is 0 Å². The molecule has 0 atom stereocenters. The molecule has 9 heteroatoms. The van der Waals surface area contributed by atoms with Crippen LogP contribution in [0.3, 0.4) is 0 Å². The molecule has 136 valence electrons. The van der Waals surface area contributed by atoms with Gasteiger partial charge in [0.15, 0.2) is 11.0 Å². The zero-order valence-electron chi connectivity index (χ0n) is 14.1. The molecule has 0 aliphatic rings. The van der Waals surface area contributed by atoms with E-state index in [1.165, 1.54) is 11.8 Å². The van der Waals surface area contributed by atoms with Gasteiger partial charge in [-0.05, 0) is 43.5 Å². The van der Waals surface area contributed by atoms with Crippen molar-refractivity contribution in [3.05, 3.63) is 45.8 Å². The number of anilines is 1. The Kier molecular flexibility index (Phi) is 6.24. The summed E-state index contributed by atoms with van der Waals surface area (Å²) in [5, 5.41) is 14.9. The summed E-state index contributed by atoms with van der Waals surface area (Å²) < 4.78 is 2.04. The lowest BCUT2D eigenvalue weighted by Crippen LogP contribution is -2.15. The van der Waals surface area contributed by atoms with Gasteiger partial charge in [0.05, 0.1) is 20.7 Å². The molecule has 5 nitrogen and oxygen atoms in total. The van der Waals surface area contributed by atoms with Gasteiger partial charge in [-0.3, -0.25) is 9.36 Å². The summed E-state index contributed by atoms with van der Waals surface area (Å²) in [4.78, 5) is 13.3. The highest BCUT2D eigenvalue weighted by Crippen LogP contribution is 2.30. The van der Waals surface area contributed by atoms with Crippen molar-refractivity contribution >= 4 is 57.9 Å². The predicted molar refractivity (Wildman–Crippen MR) is 110 cm³/mol. The highest BCUT2D eigenvalue weighted by Gasteiger charge is 2.18. The van der Waals surface area contributed by atoms with Gasteiger partial charge in [-0.25, -0.2) is 0 Å². The molecule has 0 fully saturated rings. The second kappa shape index (κ2) is 8.43. The van der Waals surface area contributed by atoms with Crippen LogP contribution in [0.5, 0.6) is 0 Å². The lowest BCUT2D eigenvalue weighted by atomic mass is 10.3. The lowest BCUT2D eigenvalue weighted by Gasteiger charge is -2.13. The van der Waals surface area contributed by atoms with Gasteiger partial charge in [-0.15, -0.1) is 21.5 Å². The van der Waals surface area contributed by atoms with Crippen LogP contribution in [0, 0.1) is 0 Å². The van der Waals surface area contributed by atoms with Crippen molar-refractivity contribution in [2.75, 3.05) is 11.1 Å². The first kappa shape index (κ1) is 19.2. The number of nitrogens with one attached hydrogen (secondary N) is 1. The molecule has 0 saturated heterocycles. The first-order chi connectivity index (χ1) is 12.5. The largest absolute Gasteiger partial charge is 0.325 e. The Labute approximate surface area is 169 Å². The minimum absolute atomic E-state index is 0.149. The van der Waals surface area contributed by atoms with Crippen LogP contribution in [0.4, 0.5) is 5.69 Å². The molecular weight excluding hydrogens is 411 g/mol. The Morgan fingerprint density at radius 1 is 1.27 bits per heavy atom. The van der Waals surface area contributed by atoms with Gasteiger partial charge in [0.25, 0.3) is 0 Å². The molecule has 0 aliphatic heterocycles. The quantitative estimate of drug-likeness (QED) is 0.519. The van der Waals surface area contributed by atoms with Gasteiger partial charge < -0.3 is 5.32 Å². The van der Waals surface area contributed by atoms with Gasteiger partial charge >= 0.3 is 0 Å². The summed E-state index contributed by atoms with van der Waals surface area (Å²) in [6, 6.07) is 9.16. The Morgan fingerprint density at radius 2 is 2.08 bits per heavy atom. The SMILES string of the molecule is CC(C)n1c(SCC(=O)Nc2ccc(Cl)c(Cl)c2)nnc1-c1cccs1. The van der Waals surface area contributed by atoms with Crippen molar-refractivity contribution in [2.24, 2.45) is 0 Å². The molecule has 0 saturated carbocycles. The van der Waals surface area contributed by atoms with Crippen molar-refractivity contribution in [1.29, 1.82) is 0 Å². The summed E-state index contributed by atoms with van der Waals surface area (Å²) >= 11 is 14.8. The fraction of sp³-hybridized carbons (Fsp3) is 0.235. The van der Waals surface area contributed by atoms with E-state index in [0.29, 0.717) is 20.9 Å². The monoisotopic (exact) mass is 426 g/mol. The molecule has 2 heterocycles. The molecular formula is C17H16Cl2N4OS2. The fourth-order valence-corrected chi connectivity index (χ4v) is 4.19. The summed E-state index contributed by atoms with van der Waals surface area (Å²) in [6.07, 6.45) is 0. The minimum atomic E-state index is -0.149. The molecule has 1 N–H and O–H groups in total. The number of amides is 1. The highest BCUT2D eigenvalue weighted by atomic mass is 35.5. The van der Waals surface area contributed by atoms with Gasteiger partial charge in [0, 0.05) is 11.7 Å². The number of carbonyl (C=O) groups excluding carboxylic acids is 1. The van der Waals surface area contributed by atoms with Gasteiger partial charge in [-0.1, -0.05) is 41.0 Å². The first-order valence-electron chi connectivity index (χ1n) is 7.82. The van der Waals surface area contributed by atoms with E-state index >= 15 is 0 Å². The molecule has 0 unspecified atom stereocenters. The van der Waals surface area contributed by atoms with Crippen LogP contribution in [0.2, 0.25) is 10.0 Å². The van der Waals surface area contributed by atoms with Crippen molar-refractivity contribution in [1.82, 2.24) is 14.8 Å². The van der Waals surface area contributed by atoms with Gasteiger partial charge in [0.2, 0.25) is 5.91 Å². The third-order valence-corrected chi connectivity index (χ3v) is 6.01. The van der Waals surface area contributed by atoms with E-state index < -0.39 is 0 Å². The maximum Gasteiger partial charge on any atom is 0.234 e. The number of halogens is 2. The minimum Gasteiger partial charge on any atom is -0.325 e. The number of nitrogens with zero attached hydrogens (tertiary/aromatic N) is 3. The van der Waals surface area contributed by atoms with Crippen LogP contribution in [0.15, 0.2) is 40.9 Å². The number of benzene rings is 1. The van der Waals surface area contributed by atoms with Crippen LogP contribution in [0.1, 0.15) is 19.9 Å². The van der Waals surface area contributed by atoms with Crippen LogP contribution in [-0.2, 0) is 4.79 Å². The zero-order valence-corrected chi connectivity index (χ0v) is 17.2. The molecule has 26 heavy (non-hydrogen) atoms. The molecule has 2 aromatic heterocycles. The van der Waals surface area contributed by atoms with Crippen molar-refractivity contribution in [3.8, 4) is 10.7 Å². The summed E-state index contributed by atoms with van der Waals surface area (Å²) in [6.45, 7) is 4.14. The number of hydrogen-bond donors (Lipinski definition) is 1. The smallest absolute Gasteiger partial charge is 0.234 e. The molecule has 1 amide bonds. The molecule has 3 rings (SSSR count). The van der Waals surface area contributed by atoms with E-state index in [1.54, 1.807) is 29.5 Å². The van der Waals surface area contributed by atoms with Gasteiger partial charge in [0.1, 0.15) is 0 Å². The lowest BCUT2D eigenvalue weighted by molar-refractivity contribution is -0.113. The van der Waals surface area contributed by atoms with Crippen molar-refractivity contribution < 1.29 is 4.79 Å². The highest BCUT2D eigenvalue weighted by molar-refractivity contribution is 7.99. The average molecular weight is 427 g/mol. The summed E-state index contributed by atoms with van der Waals surface area (Å²) in [5.74, 6) is 0.891. The third kappa shape index (κ3) is 4.40. The van der Waals surface area contributed by atoms with E-state index in [2.05, 4.69) is 29.4 Å². The molecule has 1 aromatic carbocycles. The second-order valence-corrected chi connectivity index (χ2v) is 8.42. The number of thioether (sulfide) groups is 1. The van der Waals surface area contributed by atoms with Crippen molar-refractivity contribution in [2.45, 2.75) is 25.0 Å². The van der Waals surface area contributed by atoms with Gasteiger partial charge in [-0.2, -0.15) is 0 Å². The van der Waals surface area contributed by atoms with E-state index in [-0.39, 0.29) is 17.7 Å². The Hall–Kier alpha value is -1.54. The van der Waals surface area contributed by atoms with E-state index in [4.69, 9.17) is 23.2 Å². The van der Waals surface area contributed by atoms with Crippen LogP contribution < -0.4 is 5.32 Å². The Bertz CT molecular complexity index is 910. The molecule has 0 spiro atoms. The van der Waals surface area contributed by atoms with E-state index in [9.17, 15) is 4.79 Å². The predicted octanol–water partition coefficient (Wildman–Crippen LogP) is 5.63. The average Bonchev–Trinajstić information content (AvgIpc) is 3.25. The number of aromatic nitrogens is 3. The van der Waals surface area contributed by atoms with Crippen LogP contribution in [0.25, 0.3) is 10.7 Å². The first-order valence-corrected chi connectivity index (χ1v) is 10.4. The maximum atomic E-state index is 12.2. The molecule has 0 bridgehead atoms. The zero-order chi connectivity index (χ0) is 18.7. The Morgan fingerprint density at radius 3 is 2.73 bits per heavy atom. The Balaban J connectivity index is 1.69. The number of hydrogen-bond acceptors (Lipinski definition) is 5. The normalized spacial score (nSPS) is 11.1. The standard InChI is InChI=1S/C17H16Cl2N4OS2/c1-10(2)23-16(14-4-3-7-25-14)21-22-17(23)26-9-15(24)20-11-5-6-12(18)13(19)8-11/h3-8,10H,9H2,1-2H3,(H,20,24). The van der Waals surface area contributed by atoms with Crippen LogP contribution in [-0.4, -0.2) is 26.4 Å². The summed E-state index contributed by atoms with van der Waals surface area (Å²) in [7, 11) is 0. The molecule has 0 aliphatic carbocycles. The molecule has 0 radical (unpaired) electrons. The topological polar surface area (TPSA) is 59.8 Å². The fourth-order valence-electron chi connectivity index (χ4n) is 2.32. The summed E-state index contributed by atoms with van der Waals surface area (Å²) in [5.41, 5.74) is 0.606. The second-order valence-electron chi connectivity index (χ2n) is 5.71. The number of thiophene rings is 1. The number of carbonyl (C=O) groups is 1. The van der Waals surface area contributed by atoms with Crippen LogP contribution >= 0.6 is 46.3 Å². The number of rotatable bonds is 6.